The van der Waals surface area contributed by atoms with Crippen molar-refractivity contribution in [1.82, 2.24) is 15.3 Å². The fraction of sp³-hybridized carbons (Fsp3) is 0.125. The molecule has 3 rings (SSSR count). The molecule has 0 spiro atoms. The minimum absolute atomic E-state index is 0.112. The van der Waals surface area contributed by atoms with Crippen LogP contribution in [-0.4, -0.2) is 15.9 Å². The molecule has 0 saturated heterocycles. The molecule has 4 nitrogen and oxygen atoms in total. The van der Waals surface area contributed by atoms with Crippen molar-refractivity contribution in [3.8, 4) is 0 Å². The predicted molar refractivity (Wildman–Crippen MR) is 83.5 cm³/mol. The van der Waals surface area contributed by atoms with Crippen molar-refractivity contribution >= 4 is 28.5 Å². The number of aromatic nitrogens is 2. The van der Waals surface area contributed by atoms with Gasteiger partial charge in [-0.05, 0) is 42.8 Å². The molecule has 0 aliphatic rings. The van der Waals surface area contributed by atoms with Crippen LogP contribution in [0.15, 0.2) is 42.5 Å². The summed E-state index contributed by atoms with van der Waals surface area (Å²) in [6.07, 6.45) is 0. The minimum atomic E-state index is -0.112. The quantitative estimate of drug-likeness (QED) is 0.778. The van der Waals surface area contributed by atoms with Gasteiger partial charge in [0.25, 0.3) is 5.91 Å². The van der Waals surface area contributed by atoms with Gasteiger partial charge in [-0.1, -0.05) is 23.7 Å². The highest BCUT2D eigenvalue weighted by Gasteiger charge is 2.08. The molecule has 1 aromatic heterocycles. The first-order valence-corrected chi connectivity index (χ1v) is 6.98. The van der Waals surface area contributed by atoms with E-state index < -0.39 is 0 Å². The van der Waals surface area contributed by atoms with Gasteiger partial charge in [0, 0.05) is 17.1 Å². The largest absolute Gasteiger partial charge is 0.348 e. The number of aryl methyl sites for hydroxylation is 1. The Hall–Kier alpha value is -2.33. The Kier molecular flexibility index (Phi) is 3.62. The third-order valence-corrected chi connectivity index (χ3v) is 3.48. The van der Waals surface area contributed by atoms with Crippen molar-refractivity contribution < 1.29 is 4.79 Å². The molecule has 5 heteroatoms. The fourth-order valence-corrected chi connectivity index (χ4v) is 2.29. The van der Waals surface area contributed by atoms with E-state index in [9.17, 15) is 4.79 Å². The molecule has 0 atom stereocenters. The van der Waals surface area contributed by atoms with Crippen molar-refractivity contribution in [2.24, 2.45) is 0 Å². The third-order valence-electron chi connectivity index (χ3n) is 3.23. The van der Waals surface area contributed by atoms with Crippen molar-refractivity contribution in [3.05, 3.63) is 64.4 Å². The molecule has 0 aliphatic carbocycles. The number of nitrogens with one attached hydrogen (secondary N) is 2. The Morgan fingerprint density at radius 3 is 2.76 bits per heavy atom. The first kappa shape index (κ1) is 13.6. The van der Waals surface area contributed by atoms with E-state index in [0.29, 0.717) is 17.1 Å². The van der Waals surface area contributed by atoms with Gasteiger partial charge in [0.05, 0.1) is 11.0 Å². The molecule has 1 heterocycles. The van der Waals surface area contributed by atoms with Crippen LogP contribution in [0.3, 0.4) is 0 Å². The Bertz CT molecular complexity index is 793. The van der Waals surface area contributed by atoms with E-state index in [2.05, 4.69) is 15.3 Å². The lowest BCUT2D eigenvalue weighted by Crippen LogP contribution is -2.22. The fourth-order valence-electron chi connectivity index (χ4n) is 2.17. The van der Waals surface area contributed by atoms with E-state index in [-0.39, 0.29) is 5.91 Å². The van der Waals surface area contributed by atoms with Crippen LogP contribution in [0.4, 0.5) is 0 Å². The van der Waals surface area contributed by atoms with Gasteiger partial charge in [-0.15, -0.1) is 0 Å². The first-order valence-electron chi connectivity index (χ1n) is 6.61. The molecule has 106 valence electrons. The summed E-state index contributed by atoms with van der Waals surface area (Å²) >= 11 is 5.83. The molecule has 2 N–H and O–H groups in total. The summed E-state index contributed by atoms with van der Waals surface area (Å²) < 4.78 is 0. The van der Waals surface area contributed by atoms with Gasteiger partial charge in [-0.2, -0.15) is 0 Å². The molecule has 0 radical (unpaired) electrons. The zero-order chi connectivity index (χ0) is 14.8. The van der Waals surface area contributed by atoms with E-state index in [1.54, 1.807) is 6.07 Å². The highest BCUT2D eigenvalue weighted by molar-refractivity contribution is 6.30. The molecule has 0 aliphatic heterocycles. The molecule has 2 aromatic carbocycles. The van der Waals surface area contributed by atoms with Crippen LogP contribution in [0, 0.1) is 6.92 Å². The van der Waals surface area contributed by atoms with E-state index in [1.165, 1.54) is 0 Å². The molecule has 0 unspecified atom stereocenters. The van der Waals surface area contributed by atoms with Gasteiger partial charge < -0.3 is 10.3 Å². The zero-order valence-electron chi connectivity index (χ0n) is 11.5. The smallest absolute Gasteiger partial charge is 0.251 e. The normalized spacial score (nSPS) is 10.8. The third kappa shape index (κ3) is 3.06. The summed E-state index contributed by atoms with van der Waals surface area (Å²) in [5.41, 5.74) is 3.35. The molecule has 0 saturated carbocycles. The number of fused-ring (bicyclic) bond motifs is 1. The molecular weight excluding hydrogens is 286 g/mol. The molecule has 0 fully saturated rings. The van der Waals surface area contributed by atoms with Gasteiger partial charge in [-0.25, -0.2) is 4.98 Å². The lowest BCUT2D eigenvalue weighted by molar-refractivity contribution is 0.0951. The number of hydrogen-bond acceptors (Lipinski definition) is 2. The van der Waals surface area contributed by atoms with Crippen LogP contribution in [0.1, 0.15) is 21.7 Å². The second-order valence-electron chi connectivity index (χ2n) is 4.86. The van der Waals surface area contributed by atoms with Crippen LogP contribution in [0.2, 0.25) is 5.02 Å². The Balaban J connectivity index is 1.72. The minimum Gasteiger partial charge on any atom is -0.348 e. The van der Waals surface area contributed by atoms with Crippen LogP contribution in [0.5, 0.6) is 0 Å². The maximum atomic E-state index is 12.2. The number of nitrogens with zero attached hydrogens (tertiary/aromatic N) is 1. The van der Waals surface area contributed by atoms with Crippen molar-refractivity contribution in [2.45, 2.75) is 13.5 Å². The number of hydrogen-bond donors (Lipinski definition) is 2. The van der Waals surface area contributed by atoms with E-state index >= 15 is 0 Å². The predicted octanol–water partition coefficient (Wildman–Crippen LogP) is 3.45. The second kappa shape index (κ2) is 5.58. The number of imidazole rings is 1. The van der Waals surface area contributed by atoms with Gasteiger partial charge in [0.15, 0.2) is 0 Å². The average molecular weight is 300 g/mol. The maximum Gasteiger partial charge on any atom is 0.251 e. The summed E-state index contributed by atoms with van der Waals surface area (Å²) in [5, 5.41) is 3.58. The average Bonchev–Trinajstić information content (AvgIpc) is 2.85. The number of rotatable bonds is 3. The number of benzene rings is 2. The monoisotopic (exact) mass is 299 g/mol. The number of H-pyrrole nitrogens is 1. The SMILES string of the molecule is Cc1nc2ccc(C(=O)NCc3ccc(Cl)cc3)cc2[nH]1. The lowest BCUT2D eigenvalue weighted by Gasteiger charge is -2.05. The molecule has 1 amide bonds. The molecular formula is C16H14ClN3O. The summed E-state index contributed by atoms with van der Waals surface area (Å²) in [5.74, 6) is 0.725. The van der Waals surface area contributed by atoms with Gasteiger partial charge in [0.2, 0.25) is 0 Å². The summed E-state index contributed by atoms with van der Waals surface area (Å²) in [6.45, 7) is 2.36. The van der Waals surface area contributed by atoms with E-state index in [4.69, 9.17) is 11.6 Å². The highest BCUT2D eigenvalue weighted by Crippen LogP contribution is 2.14. The van der Waals surface area contributed by atoms with Crippen molar-refractivity contribution in [2.75, 3.05) is 0 Å². The second-order valence-corrected chi connectivity index (χ2v) is 5.30. The summed E-state index contributed by atoms with van der Waals surface area (Å²) in [7, 11) is 0. The number of amides is 1. The van der Waals surface area contributed by atoms with Crippen LogP contribution in [0.25, 0.3) is 11.0 Å². The number of aromatic amines is 1. The van der Waals surface area contributed by atoms with Gasteiger partial charge in [-0.3, -0.25) is 4.79 Å². The van der Waals surface area contributed by atoms with E-state index in [0.717, 1.165) is 22.4 Å². The first-order chi connectivity index (χ1) is 10.1. The van der Waals surface area contributed by atoms with Crippen LogP contribution >= 0.6 is 11.6 Å². The van der Waals surface area contributed by atoms with Crippen LogP contribution in [-0.2, 0) is 6.54 Å². The Morgan fingerprint density at radius 2 is 2.00 bits per heavy atom. The van der Waals surface area contributed by atoms with Crippen molar-refractivity contribution in [1.29, 1.82) is 0 Å². The standard InChI is InChI=1S/C16H14ClN3O/c1-10-19-14-7-4-12(8-15(14)20-10)16(21)18-9-11-2-5-13(17)6-3-11/h2-8H,9H2,1H3,(H,18,21)(H,19,20). The Labute approximate surface area is 127 Å². The van der Waals surface area contributed by atoms with E-state index in [1.807, 2.05) is 43.3 Å². The van der Waals surface area contributed by atoms with Gasteiger partial charge in [0.1, 0.15) is 5.82 Å². The number of halogens is 1. The summed E-state index contributed by atoms with van der Waals surface area (Å²) in [4.78, 5) is 19.6. The molecule has 3 aromatic rings. The van der Waals surface area contributed by atoms with Crippen molar-refractivity contribution in [3.63, 3.8) is 0 Å². The zero-order valence-corrected chi connectivity index (χ0v) is 12.2. The number of carbonyl (C=O) groups is 1. The van der Waals surface area contributed by atoms with Crippen LogP contribution < -0.4 is 5.32 Å². The Morgan fingerprint density at radius 1 is 1.24 bits per heavy atom. The molecule has 21 heavy (non-hydrogen) atoms. The molecule has 0 bridgehead atoms. The lowest BCUT2D eigenvalue weighted by atomic mass is 10.1. The maximum absolute atomic E-state index is 12.2. The highest BCUT2D eigenvalue weighted by atomic mass is 35.5. The number of carbonyl (C=O) groups excluding carboxylic acids is 1. The summed E-state index contributed by atoms with van der Waals surface area (Å²) in [6, 6.07) is 12.8. The topological polar surface area (TPSA) is 57.8 Å². The van der Waals surface area contributed by atoms with Gasteiger partial charge >= 0.3 is 0 Å².